The predicted octanol–water partition coefficient (Wildman–Crippen LogP) is 11.7. The molecule has 0 radical (unpaired) electrons. The lowest BCUT2D eigenvalue weighted by Gasteiger charge is -2.07. The van der Waals surface area contributed by atoms with E-state index in [1.807, 2.05) is 22.7 Å². The minimum absolute atomic E-state index is 1.22. The van der Waals surface area contributed by atoms with Gasteiger partial charge in [0.25, 0.3) is 0 Å². The number of thiophene rings is 2. The Morgan fingerprint density at radius 3 is 1.36 bits per heavy atom. The number of aryl methyl sites for hydroxylation is 2. The molecule has 5 aromatic rings. The molecule has 0 unspecified atom stereocenters. The number of hydrogen-bond acceptors (Lipinski definition) is 2. The van der Waals surface area contributed by atoms with Crippen molar-refractivity contribution in [3.63, 3.8) is 0 Å². The first-order valence-electron chi connectivity index (χ1n) is 13.9. The summed E-state index contributed by atoms with van der Waals surface area (Å²) in [7, 11) is 0. The van der Waals surface area contributed by atoms with Crippen molar-refractivity contribution >= 4 is 44.2 Å². The van der Waals surface area contributed by atoms with E-state index in [4.69, 9.17) is 0 Å². The van der Waals surface area contributed by atoms with Crippen molar-refractivity contribution in [1.82, 2.24) is 0 Å². The van der Waals surface area contributed by atoms with Gasteiger partial charge in [-0.05, 0) is 107 Å². The fourth-order valence-corrected chi connectivity index (χ4v) is 7.18. The lowest BCUT2D eigenvalue weighted by atomic mass is 9.99. The fourth-order valence-electron chi connectivity index (χ4n) is 5.09. The van der Waals surface area contributed by atoms with Gasteiger partial charge in [-0.2, -0.15) is 0 Å². The highest BCUT2D eigenvalue weighted by Crippen LogP contribution is 2.35. The van der Waals surface area contributed by atoms with Gasteiger partial charge < -0.3 is 0 Å². The van der Waals surface area contributed by atoms with E-state index in [1.165, 1.54) is 116 Å². The molecule has 0 saturated heterocycles. The summed E-state index contributed by atoms with van der Waals surface area (Å²) in [5.41, 5.74) is 2.68. The Morgan fingerprint density at radius 1 is 0.444 bits per heavy atom. The molecule has 0 fully saturated rings. The van der Waals surface area contributed by atoms with Crippen molar-refractivity contribution in [2.45, 2.75) is 78.1 Å². The zero-order valence-corrected chi connectivity index (χ0v) is 23.4. The van der Waals surface area contributed by atoms with Gasteiger partial charge in [0, 0.05) is 19.5 Å². The van der Waals surface area contributed by atoms with Crippen molar-refractivity contribution in [2.75, 3.05) is 0 Å². The van der Waals surface area contributed by atoms with E-state index in [9.17, 15) is 0 Å². The minimum atomic E-state index is 1.22. The zero-order valence-electron chi connectivity index (χ0n) is 21.8. The van der Waals surface area contributed by atoms with Crippen LogP contribution in [-0.4, -0.2) is 0 Å². The summed E-state index contributed by atoms with van der Waals surface area (Å²) in [6.07, 6.45) is 13.1. The van der Waals surface area contributed by atoms with E-state index in [0.717, 1.165) is 0 Å². The summed E-state index contributed by atoms with van der Waals surface area (Å²) in [5, 5.41) is 5.30. The van der Waals surface area contributed by atoms with Crippen LogP contribution < -0.4 is 0 Å². The third kappa shape index (κ3) is 6.10. The summed E-state index contributed by atoms with van der Waals surface area (Å²) in [6.45, 7) is 4.56. The van der Waals surface area contributed by atoms with Crippen LogP contribution in [0.15, 0.2) is 72.8 Å². The number of hydrogen-bond donors (Lipinski definition) is 0. The summed E-state index contributed by atoms with van der Waals surface area (Å²) < 4.78 is 0. The summed E-state index contributed by atoms with van der Waals surface area (Å²) in [5.74, 6) is 0. The quantitative estimate of drug-likeness (QED) is 0.116. The molecule has 0 amide bonds. The lowest BCUT2D eigenvalue weighted by Crippen LogP contribution is -1.81. The first kappa shape index (κ1) is 25.2. The molecular formula is C34H38S2. The second-order valence-electron chi connectivity index (χ2n) is 10.1. The highest BCUT2D eigenvalue weighted by atomic mass is 32.1. The molecule has 0 nitrogen and oxygen atoms in total. The van der Waals surface area contributed by atoms with Gasteiger partial charge in [-0.1, -0.05) is 76.6 Å². The molecule has 0 saturated carbocycles. The molecular weight excluding hydrogens is 473 g/mol. The predicted molar refractivity (Wildman–Crippen MR) is 164 cm³/mol. The number of benzene rings is 3. The molecule has 0 spiro atoms. The molecule has 3 aromatic carbocycles. The maximum atomic E-state index is 2.37. The number of unbranched alkanes of at least 4 members (excludes halogenated alkanes) is 6. The topological polar surface area (TPSA) is 0 Å². The van der Waals surface area contributed by atoms with Crippen LogP contribution in [0.2, 0.25) is 0 Å². The molecule has 0 aliphatic heterocycles. The van der Waals surface area contributed by atoms with Crippen molar-refractivity contribution in [3.8, 4) is 20.9 Å². The highest BCUT2D eigenvalue weighted by molar-refractivity contribution is 7.15. The Morgan fingerprint density at radius 2 is 0.917 bits per heavy atom. The van der Waals surface area contributed by atoms with Gasteiger partial charge >= 0.3 is 0 Å². The summed E-state index contributed by atoms with van der Waals surface area (Å²) in [4.78, 5) is 5.82. The van der Waals surface area contributed by atoms with Gasteiger partial charge in [0.2, 0.25) is 0 Å². The second kappa shape index (κ2) is 12.2. The Labute approximate surface area is 225 Å². The molecule has 2 heteroatoms. The third-order valence-electron chi connectivity index (χ3n) is 7.24. The lowest BCUT2D eigenvalue weighted by molar-refractivity contribution is 0.670. The van der Waals surface area contributed by atoms with E-state index < -0.39 is 0 Å². The summed E-state index contributed by atoms with van der Waals surface area (Å²) >= 11 is 3.93. The molecule has 2 aromatic heterocycles. The van der Waals surface area contributed by atoms with Crippen molar-refractivity contribution in [1.29, 1.82) is 0 Å². The molecule has 0 bridgehead atoms. The smallest absolute Gasteiger partial charge is 0.0345 e. The van der Waals surface area contributed by atoms with E-state index in [0.29, 0.717) is 0 Å². The van der Waals surface area contributed by atoms with Crippen LogP contribution >= 0.6 is 22.7 Å². The zero-order chi connectivity index (χ0) is 24.7. The van der Waals surface area contributed by atoms with E-state index in [-0.39, 0.29) is 0 Å². The van der Waals surface area contributed by atoms with Crippen LogP contribution in [0.1, 0.15) is 75.0 Å². The van der Waals surface area contributed by atoms with Gasteiger partial charge in [0.15, 0.2) is 0 Å². The number of rotatable bonds is 12. The maximum absolute atomic E-state index is 2.37. The Hall–Kier alpha value is -2.42. The monoisotopic (exact) mass is 510 g/mol. The molecule has 0 atom stereocenters. The van der Waals surface area contributed by atoms with Crippen LogP contribution in [-0.2, 0) is 12.8 Å². The van der Waals surface area contributed by atoms with Gasteiger partial charge in [-0.3, -0.25) is 0 Å². The largest absolute Gasteiger partial charge is 0.140 e. The number of fused-ring (bicyclic) bond motifs is 2. The van der Waals surface area contributed by atoms with Gasteiger partial charge in [0.05, 0.1) is 0 Å². The first-order chi connectivity index (χ1) is 17.7. The average Bonchev–Trinajstić information content (AvgIpc) is 3.57. The van der Waals surface area contributed by atoms with Gasteiger partial charge in [0.1, 0.15) is 0 Å². The Kier molecular flexibility index (Phi) is 8.56. The van der Waals surface area contributed by atoms with Crippen molar-refractivity contribution in [2.24, 2.45) is 0 Å². The normalized spacial score (nSPS) is 11.6. The Balaban J connectivity index is 1.33. The molecule has 5 rings (SSSR count). The molecule has 36 heavy (non-hydrogen) atoms. The van der Waals surface area contributed by atoms with Gasteiger partial charge in [-0.25, -0.2) is 0 Å². The third-order valence-corrected chi connectivity index (χ3v) is 9.63. The molecule has 0 N–H and O–H groups in total. The van der Waals surface area contributed by atoms with E-state index in [1.54, 1.807) is 0 Å². The fraction of sp³-hybridized carbons (Fsp3) is 0.353. The van der Waals surface area contributed by atoms with Crippen LogP contribution in [0.25, 0.3) is 42.4 Å². The van der Waals surface area contributed by atoms with Gasteiger partial charge in [-0.15, -0.1) is 22.7 Å². The van der Waals surface area contributed by atoms with Crippen molar-refractivity contribution in [3.05, 3.63) is 82.6 Å². The maximum Gasteiger partial charge on any atom is 0.0345 e. The summed E-state index contributed by atoms with van der Waals surface area (Å²) in [6, 6.07) is 28.0. The van der Waals surface area contributed by atoms with Crippen LogP contribution in [0.5, 0.6) is 0 Å². The molecule has 2 heterocycles. The van der Waals surface area contributed by atoms with Crippen LogP contribution in [0.3, 0.4) is 0 Å². The average molecular weight is 511 g/mol. The SMILES string of the molecule is CCCCCCc1ccc(-c2ccc3cc4cc(-c5ccc(CCCCCC)s5)ccc4cc3c2)s1. The van der Waals surface area contributed by atoms with Crippen LogP contribution in [0.4, 0.5) is 0 Å². The Bertz CT molecular complexity index is 1310. The first-order valence-corrected chi connectivity index (χ1v) is 15.5. The standard InChI is InChI=1S/C34H38S2/c1-3-5-7-9-11-31-17-19-33(35-31)27-15-13-25-22-30-24-28(16-14-26(30)21-29(25)23-27)34-20-18-32(36-34)12-10-8-6-4-2/h13-24H,3-12H2,1-2H3. The molecule has 0 aliphatic rings. The molecule has 186 valence electrons. The highest BCUT2D eigenvalue weighted by Gasteiger charge is 2.08. The minimum Gasteiger partial charge on any atom is -0.140 e. The van der Waals surface area contributed by atoms with Crippen LogP contribution in [0, 0.1) is 0 Å². The van der Waals surface area contributed by atoms with E-state index >= 15 is 0 Å². The van der Waals surface area contributed by atoms with E-state index in [2.05, 4.69) is 86.6 Å². The van der Waals surface area contributed by atoms with Crippen molar-refractivity contribution < 1.29 is 0 Å². The second-order valence-corrected chi connectivity index (χ2v) is 12.5. The molecule has 0 aliphatic carbocycles.